The van der Waals surface area contributed by atoms with Crippen molar-refractivity contribution in [2.75, 3.05) is 0 Å². The molecule has 100 valence electrons. The maximum absolute atomic E-state index is 9.24. The van der Waals surface area contributed by atoms with Crippen LogP contribution < -0.4 is 5.48 Å². The van der Waals surface area contributed by atoms with Crippen LogP contribution in [0.15, 0.2) is 65.2 Å². The van der Waals surface area contributed by atoms with Gasteiger partial charge in [-0.3, -0.25) is 10.7 Å². The van der Waals surface area contributed by atoms with Crippen molar-refractivity contribution in [1.82, 2.24) is 15.4 Å². The van der Waals surface area contributed by atoms with E-state index in [1.54, 1.807) is 0 Å². The highest BCUT2D eigenvalue weighted by Gasteiger charge is 2.03. The van der Waals surface area contributed by atoms with Crippen LogP contribution in [0.5, 0.6) is 0 Å². The van der Waals surface area contributed by atoms with Crippen LogP contribution in [0.2, 0.25) is 0 Å². The number of para-hydroxylation sites is 2. The van der Waals surface area contributed by atoms with Crippen molar-refractivity contribution in [3.05, 3.63) is 65.6 Å². The van der Waals surface area contributed by atoms with Gasteiger partial charge in [-0.05, 0) is 12.1 Å². The minimum absolute atomic E-state index is 0.635. The molecule has 0 aliphatic carbocycles. The lowest BCUT2D eigenvalue weighted by Gasteiger charge is -2.04. The average Bonchev–Trinajstić information content (AvgIpc) is 2.92. The van der Waals surface area contributed by atoms with Gasteiger partial charge in [0.05, 0.1) is 16.7 Å². The maximum atomic E-state index is 9.24. The Morgan fingerprint density at radius 3 is 2.60 bits per heavy atom. The van der Waals surface area contributed by atoms with Crippen molar-refractivity contribution >= 4 is 28.5 Å². The predicted octanol–water partition coefficient (Wildman–Crippen LogP) is 3.63. The van der Waals surface area contributed by atoms with E-state index in [1.807, 2.05) is 60.0 Å². The highest BCUT2D eigenvalue weighted by atomic mass is 32.2. The first-order valence-corrected chi connectivity index (χ1v) is 7.02. The van der Waals surface area contributed by atoms with Crippen molar-refractivity contribution < 1.29 is 5.21 Å². The quantitative estimate of drug-likeness (QED) is 0.505. The Balaban J connectivity index is 1.84. The van der Waals surface area contributed by atoms with E-state index in [4.69, 9.17) is 0 Å². The van der Waals surface area contributed by atoms with Gasteiger partial charge in [0, 0.05) is 11.0 Å². The fraction of sp³-hybridized carbons (Fsp3) is 0. The Morgan fingerprint density at radius 1 is 1.10 bits per heavy atom. The number of rotatable bonds is 4. The predicted molar refractivity (Wildman–Crippen MR) is 81.3 cm³/mol. The molecule has 0 radical (unpaired) electrons. The summed E-state index contributed by atoms with van der Waals surface area (Å²) in [6, 6.07) is 17.5. The summed E-state index contributed by atoms with van der Waals surface area (Å²) >= 11 is 1.42. The van der Waals surface area contributed by atoms with Gasteiger partial charge in [-0.2, -0.15) is 0 Å². The Hall–Kier alpha value is -2.24. The molecule has 0 amide bonds. The van der Waals surface area contributed by atoms with Gasteiger partial charge in [0.1, 0.15) is 0 Å². The van der Waals surface area contributed by atoms with Crippen molar-refractivity contribution in [2.45, 2.75) is 5.16 Å². The number of fused-ring (bicyclic) bond motifs is 1. The van der Waals surface area contributed by atoms with E-state index < -0.39 is 0 Å². The van der Waals surface area contributed by atoms with E-state index in [9.17, 15) is 5.21 Å². The van der Waals surface area contributed by atoms with Gasteiger partial charge < -0.3 is 4.98 Å². The van der Waals surface area contributed by atoms with E-state index in [0.717, 1.165) is 21.8 Å². The summed E-state index contributed by atoms with van der Waals surface area (Å²) < 4.78 is 0. The van der Waals surface area contributed by atoms with E-state index in [1.165, 1.54) is 11.8 Å². The Bertz CT molecular complexity index is 704. The Kier molecular flexibility index (Phi) is 3.71. The summed E-state index contributed by atoms with van der Waals surface area (Å²) in [5.74, 6) is 0. The van der Waals surface area contributed by atoms with Crippen molar-refractivity contribution in [3.63, 3.8) is 0 Å². The highest BCUT2D eigenvalue weighted by molar-refractivity contribution is 8.02. The lowest BCUT2D eigenvalue weighted by molar-refractivity contribution is 0.225. The number of aromatic nitrogens is 2. The summed E-state index contributed by atoms with van der Waals surface area (Å²) in [6.07, 6.45) is 0. The highest BCUT2D eigenvalue weighted by Crippen LogP contribution is 2.23. The van der Waals surface area contributed by atoms with E-state index in [-0.39, 0.29) is 0 Å². The number of aromatic amines is 1. The largest absolute Gasteiger partial charge is 0.333 e. The molecule has 0 saturated heterocycles. The third kappa shape index (κ3) is 2.68. The van der Waals surface area contributed by atoms with E-state index >= 15 is 0 Å². The van der Waals surface area contributed by atoms with Crippen molar-refractivity contribution in [3.8, 4) is 0 Å². The molecule has 5 heteroatoms. The van der Waals surface area contributed by atoms with Gasteiger partial charge in [-0.15, -0.1) is 0 Å². The standard InChI is InChI=1S/C15H13N3OS/c19-18-14(11-6-2-1-3-7-11)10-20-15-16-12-8-4-5-9-13(12)17-15/h1-10,18-19H,(H,16,17). The number of hydrogen-bond acceptors (Lipinski definition) is 4. The molecule has 2 aromatic carbocycles. The third-order valence-electron chi connectivity index (χ3n) is 2.86. The molecule has 0 spiro atoms. The van der Waals surface area contributed by atoms with Crippen LogP contribution in [-0.2, 0) is 0 Å². The molecule has 0 saturated carbocycles. The van der Waals surface area contributed by atoms with Gasteiger partial charge in [0.15, 0.2) is 5.16 Å². The molecule has 4 nitrogen and oxygen atoms in total. The minimum Gasteiger partial charge on any atom is -0.333 e. The second-order valence-corrected chi connectivity index (χ2v) is 5.04. The third-order valence-corrected chi connectivity index (χ3v) is 3.63. The zero-order chi connectivity index (χ0) is 13.8. The van der Waals surface area contributed by atoms with Crippen LogP contribution in [0.3, 0.4) is 0 Å². The zero-order valence-electron chi connectivity index (χ0n) is 10.6. The molecule has 0 bridgehead atoms. The monoisotopic (exact) mass is 283 g/mol. The first-order chi connectivity index (χ1) is 9.86. The number of nitrogens with zero attached hydrogens (tertiary/aromatic N) is 1. The van der Waals surface area contributed by atoms with Crippen LogP contribution in [0.1, 0.15) is 5.56 Å². The molecule has 0 fully saturated rings. The molecule has 0 aliphatic heterocycles. The zero-order valence-corrected chi connectivity index (χ0v) is 11.4. The first-order valence-electron chi connectivity index (χ1n) is 6.14. The minimum atomic E-state index is 0.635. The molecule has 1 heterocycles. The Morgan fingerprint density at radius 2 is 1.85 bits per heavy atom. The molecule has 3 N–H and O–H groups in total. The number of H-pyrrole nitrogens is 1. The van der Waals surface area contributed by atoms with Gasteiger partial charge in [-0.25, -0.2) is 4.98 Å². The van der Waals surface area contributed by atoms with Crippen LogP contribution in [0.25, 0.3) is 16.7 Å². The first kappa shape index (κ1) is 12.8. The van der Waals surface area contributed by atoms with Gasteiger partial charge >= 0.3 is 0 Å². The van der Waals surface area contributed by atoms with E-state index in [0.29, 0.717) is 5.70 Å². The molecule has 0 unspecified atom stereocenters. The molecular formula is C15H13N3OS. The number of imidazole rings is 1. The fourth-order valence-electron chi connectivity index (χ4n) is 1.88. The number of nitrogens with one attached hydrogen (secondary N) is 2. The number of hydroxylamine groups is 1. The molecule has 0 atom stereocenters. The summed E-state index contributed by atoms with van der Waals surface area (Å²) in [6.45, 7) is 0. The number of hydrogen-bond donors (Lipinski definition) is 3. The normalized spacial score (nSPS) is 11.8. The van der Waals surface area contributed by atoms with Crippen LogP contribution in [0, 0.1) is 0 Å². The number of benzene rings is 2. The molecule has 20 heavy (non-hydrogen) atoms. The SMILES string of the molecule is ONC(=CSc1nc2ccccc2[nH]1)c1ccccc1. The summed E-state index contributed by atoms with van der Waals surface area (Å²) in [7, 11) is 0. The van der Waals surface area contributed by atoms with Gasteiger partial charge in [0.25, 0.3) is 0 Å². The van der Waals surface area contributed by atoms with Gasteiger partial charge in [-0.1, -0.05) is 54.2 Å². The van der Waals surface area contributed by atoms with Crippen molar-refractivity contribution in [1.29, 1.82) is 0 Å². The molecular weight excluding hydrogens is 270 g/mol. The topological polar surface area (TPSA) is 60.9 Å². The lowest BCUT2D eigenvalue weighted by atomic mass is 10.2. The van der Waals surface area contributed by atoms with E-state index in [2.05, 4.69) is 15.4 Å². The number of thioether (sulfide) groups is 1. The fourth-order valence-corrected chi connectivity index (χ4v) is 2.61. The van der Waals surface area contributed by atoms with Crippen LogP contribution in [-0.4, -0.2) is 15.2 Å². The average molecular weight is 283 g/mol. The smallest absolute Gasteiger partial charge is 0.170 e. The Labute approximate surface area is 120 Å². The second kappa shape index (κ2) is 5.81. The molecule has 1 aromatic heterocycles. The summed E-state index contributed by atoms with van der Waals surface area (Å²) in [5, 5.41) is 11.8. The molecule has 3 aromatic rings. The maximum Gasteiger partial charge on any atom is 0.170 e. The van der Waals surface area contributed by atoms with Crippen molar-refractivity contribution in [2.24, 2.45) is 0 Å². The van der Waals surface area contributed by atoms with Crippen LogP contribution >= 0.6 is 11.8 Å². The summed E-state index contributed by atoms with van der Waals surface area (Å²) in [4.78, 5) is 7.69. The van der Waals surface area contributed by atoms with Gasteiger partial charge in [0.2, 0.25) is 0 Å². The summed E-state index contributed by atoms with van der Waals surface area (Å²) in [5.41, 5.74) is 5.71. The lowest BCUT2D eigenvalue weighted by Crippen LogP contribution is -2.04. The second-order valence-electron chi connectivity index (χ2n) is 4.19. The molecule has 3 rings (SSSR count). The van der Waals surface area contributed by atoms with Crippen LogP contribution in [0.4, 0.5) is 0 Å². The molecule has 0 aliphatic rings.